The minimum Gasteiger partial charge on any atom is -0.378 e. The lowest BCUT2D eigenvalue weighted by atomic mass is 9.87. The summed E-state index contributed by atoms with van der Waals surface area (Å²) in [5, 5.41) is 3.54. The lowest BCUT2D eigenvalue weighted by Crippen LogP contribution is -2.42. The van der Waals surface area contributed by atoms with Crippen molar-refractivity contribution in [2.24, 2.45) is 5.92 Å². The first kappa shape index (κ1) is 16.4. The Morgan fingerprint density at radius 1 is 1.24 bits per heavy atom. The molecule has 21 heavy (non-hydrogen) atoms. The maximum Gasteiger partial charge on any atom is 0.126 e. The molecular weight excluding hydrogens is 272 g/mol. The second-order valence-corrected chi connectivity index (χ2v) is 5.81. The minimum absolute atomic E-state index is 0.207. The molecule has 1 aromatic carbocycles. The van der Waals surface area contributed by atoms with Gasteiger partial charge in [0.05, 0.1) is 6.10 Å². The highest BCUT2D eigenvalue weighted by Gasteiger charge is 2.33. The Kier molecular flexibility index (Phi) is 6.12. The summed E-state index contributed by atoms with van der Waals surface area (Å²) in [6, 6.07) is 3.99. The van der Waals surface area contributed by atoms with Gasteiger partial charge in [-0.3, -0.25) is 0 Å². The van der Waals surface area contributed by atoms with Gasteiger partial charge >= 0.3 is 0 Å². The van der Waals surface area contributed by atoms with Crippen molar-refractivity contribution in [1.82, 2.24) is 5.32 Å². The predicted octanol–water partition coefficient (Wildman–Crippen LogP) is 3.69. The zero-order chi connectivity index (χ0) is 15.2. The average Bonchev–Trinajstić information content (AvgIpc) is 2.90. The molecule has 1 N–H and O–H groups in total. The topological polar surface area (TPSA) is 21.3 Å². The highest BCUT2D eigenvalue weighted by Crippen LogP contribution is 2.28. The molecule has 0 radical (unpaired) electrons. The number of ether oxygens (including phenoxy) is 1. The van der Waals surface area contributed by atoms with E-state index < -0.39 is 11.6 Å². The van der Waals surface area contributed by atoms with Gasteiger partial charge in [-0.2, -0.15) is 0 Å². The van der Waals surface area contributed by atoms with Gasteiger partial charge in [0.25, 0.3) is 0 Å². The van der Waals surface area contributed by atoms with Crippen LogP contribution < -0.4 is 5.32 Å². The molecule has 1 heterocycles. The zero-order valence-electron chi connectivity index (χ0n) is 12.9. The highest BCUT2D eigenvalue weighted by molar-refractivity contribution is 5.19. The van der Waals surface area contributed by atoms with Crippen LogP contribution in [0.15, 0.2) is 18.2 Å². The molecule has 0 amide bonds. The van der Waals surface area contributed by atoms with Crippen LogP contribution >= 0.6 is 0 Å². The number of halogens is 2. The third-order valence-electron chi connectivity index (χ3n) is 4.21. The normalized spacial score (nSPS) is 23.4. The molecule has 0 saturated carbocycles. The maximum absolute atomic E-state index is 13.4. The lowest BCUT2D eigenvalue weighted by Gasteiger charge is -2.28. The van der Waals surface area contributed by atoms with Crippen molar-refractivity contribution in [3.05, 3.63) is 35.4 Å². The summed E-state index contributed by atoms with van der Waals surface area (Å²) >= 11 is 0. The van der Waals surface area contributed by atoms with Gasteiger partial charge in [-0.1, -0.05) is 13.8 Å². The SMILES string of the molecule is CCCNC(Cc1cc(F)cc(F)c1)C1CCOC1CC. The van der Waals surface area contributed by atoms with Crippen molar-refractivity contribution >= 4 is 0 Å². The van der Waals surface area contributed by atoms with Crippen LogP contribution in [0.1, 0.15) is 38.7 Å². The molecule has 1 aliphatic heterocycles. The molecule has 1 aliphatic rings. The standard InChI is InChI=1S/C17H25F2NO/c1-3-6-20-16(15-5-7-21-17(15)4-2)10-12-8-13(18)11-14(19)9-12/h8-9,11,15-17,20H,3-7,10H2,1-2H3. The van der Waals surface area contributed by atoms with Crippen molar-refractivity contribution in [2.45, 2.75) is 51.7 Å². The van der Waals surface area contributed by atoms with Crippen molar-refractivity contribution in [1.29, 1.82) is 0 Å². The van der Waals surface area contributed by atoms with Crippen LogP contribution in [0.25, 0.3) is 0 Å². The summed E-state index contributed by atoms with van der Waals surface area (Å²) in [6.45, 7) is 5.94. The number of nitrogens with one attached hydrogen (secondary N) is 1. The Bertz CT molecular complexity index is 432. The largest absolute Gasteiger partial charge is 0.378 e. The Morgan fingerprint density at radius 3 is 2.57 bits per heavy atom. The molecule has 2 nitrogen and oxygen atoms in total. The van der Waals surface area contributed by atoms with Crippen molar-refractivity contribution in [3.63, 3.8) is 0 Å². The molecule has 1 fully saturated rings. The first-order valence-electron chi connectivity index (χ1n) is 7.94. The van der Waals surface area contributed by atoms with Crippen LogP contribution in [0.2, 0.25) is 0 Å². The number of benzene rings is 1. The van der Waals surface area contributed by atoms with Gasteiger partial charge in [-0.25, -0.2) is 8.78 Å². The molecule has 0 bridgehead atoms. The minimum atomic E-state index is -0.506. The molecule has 0 aromatic heterocycles. The summed E-state index contributed by atoms with van der Waals surface area (Å²) in [5.41, 5.74) is 0.711. The Morgan fingerprint density at radius 2 is 1.95 bits per heavy atom. The summed E-state index contributed by atoms with van der Waals surface area (Å²) in [5.74, 6) is -0.601. The molecule has 1 saturated heterocycles. The molecule has 0 spiro atoms. The van der Waals surface area contributed by atoms with Crippen molar-refractivity contribution < 1.29 is 13.5 Å². The van der Waals surface area contributed by atoms with Gasteiger partial charge in [0.15, 0.2) is 0 Å². The molecule has 1 aromatic rings. The second-order valence-electron chi connectivity index (χ2n) is 5.81. The maximum atomic E-state index is 13.4. The first-order valence-corrected chi connectivity index (χ1v) is 7.94. The Labute approximate surface area is 125 Å². The zero-order valence-corrected chi connectivity index (χ0v) is 12.9. The van der Waals surface area contributed by atoms with Crippen molar-refractivity contribution in [2.75, 3.05) is 13.2 Å². The average molecular weight is 297 g/mol. The van der Waals surface area contributed by atoms with Crippen molar-refractivity contribution in [3.8, 4) is 0 Å². The number of rotatable bonds is 7. The second kappa shape index (κ2) is 7.85. The fourth-order valence-electron chi connectivity index (χ4n) is 3.23. The molecule has 0 aliphatic carbocycles. The Hall–Kier alpha value is -1.00. The summed E-state index contributed by atoms with van der Waals surface area (Å²) in [7, 11) is 0. The first-order chi connectivity index (χ1) is 10.1. The summed E-state index contributed by atoms with van der Waals surface area (Å²) in [4.78, 5) is 0. The monoisotopic (exact) mass is 297 g/mol. The number of hydrogen-bond donors (Lipinski definition) is 1. The van der Waals surface area contributed by atoms with Crippen LogP contribution in [0, 0.1) is 17.6 Å². The van der Waals surface area contributed by atoms with Crippen LogP contribution in [-0.4, -0.2) is 25.3 Å². The van der Waals surface area contributed by atoms with E-state index >= 15 is 0 Å². The quantitative estimate of drug-likeness (QED) is 0.829. The van der Waals surface area contributed by atoms with E-state index in [0.29, 0.717) is 17.9 Å². The van der Waals surface area contributed by atoms with Crippen LogP contribution in [0.5, 0.6) is 0 Å². The fourth-order valence-corrected chi connectivity index (χ4v) is 3.23. The van der Waals surface area contributed by atoms with Gasteiger partial charge in [0, 0.05) is 24.6 Å². The van der Waals surface area contributed by atoms with E-state index in [-0.39, 0.29) is 12.1 Å². The van der Waals surface area contributed by atoms with Crippen LogP contribution in [0.4, 0.5) is 8.78 Å². The molecule has 118 valence electrons. The van der Waals surface area contributed by atoms with Gasteiger partial charge < -0.3 is 10.1 Å². The van der Waals surface area contributed by atoms with Gasteiger partial charge in [-0.05, 0) is 49.9 Å². The van der Waals surface area contributed by atoms with E-state index in [4.69, 9.17) is 4.74 Å². The third kappa shape index (κ3) is 4.48. The van der Waals surface area contributed by atoms with E-state index in [1.54, 1.807) is 0 Å². The summed E-state index contributed by atoms with van der Waals surface area (Å²) < 4.78 is 32.5. The van der Waals surface area contributed by atoms with E-state index in [1.165, 1.54) is 12.1 Å². The van der Waals surface area contributed by atoms with E-state index in [0.717, 1.165) is 38.5 Å². The Balaban J connectivity index is 2.11. The van der Waals surface area contributed by atoms with E-state index in [2.05, 4.69) is 19.2 Å². The number of hydrogen-bond acceptors (Lipinski definition) is 2. The van der Waals surface area contributed by atoms with Gasteiger partial charge in [-0.15, -0.1) is 0 Å². The molecular formula is C17H25F2NO. The highest BCUT2D eigenvalue weighted by atomic mass is 19.1. The van der Waals surface area contributed by atoms with E-state index in [9.17, 15) is 8.78 Å². The molecule has 3 atom stereocenters. The lowest BCUT2D eigenvalue weighted by molar-refractivity contribution is 0.0774. The fraction of sp³-hybridized carbons (Fsp3) is 0.647. The summed E-state index contributed by atoms with van der Waals surface area (Å²) in [6.07, 6.45) is 3.92. The molecule has 4 heteroatoms. The molecule has 3 unspecified atom stereocenters. The van der Waals surface area contributed by atoms with Gasteiger partial charge in [0.1, 0.15) is 11.6 Å². The van der Waals surface area contributed by atoms with E-state index in [1.807, 2.05) is 0 Å². The van der Waals surface area contributed by atoms with Crippen LogP contribution in [-0.2, 0) is 11.2 Å². The third-order valence-corrected chi connectivity index (χ3v) is 4.21. The van der Waals surface area contributed by atoms with Crippen LogP contribution in [0.3, 0.4) is 0 Å². The predicted molar refractivity (Wildman–Crippen MR) is 80.3 cm³/mol. The smallest absolute Gasteiger partial charge is 0.126 e. The van der Waals surface area contributed by atoms with Gasteiger partial charge in [0.2, 0.25) is 0 Å². The molecule has 2 rings (SSSR count).